The van der Waals surface area contributed by atoms with Gasteiger partial charge in [-0.2, -0.15) is 0 Å². The minimum Gasteiger partial charge on any atom is -0.383 e. The molecule has 1 saturated carbocycles. The van der Waals surface area contributed by atoms with E-state index in [1.54, 1.807) is 17.2 Å². The first-order valence-electron chi connectivity index (χ1n) is 10.5. The Bertz CT molecular complexity index is 1330. The van der Waals surface area contributed by atoms with E-state index in [1.807, 2.05) is 0 Å². The fraction of sp³-hybridized carbons (Fsp3) is 0.476. The molecule has 1 saturated heterocycles. The van der Waals surface area contributed by atoms with Gasteiger partial charge in [0.2, 0.25) is 0 Å². The predicted octanol–water partition coefficient (Wildman–Crippen LogP) is 3.52. The number of nitrogens with two attached hydrogens (primary N) is 1. The molecule has 1 aliphatic heterocycles. The number of H-pyrrole nitrogens is 1. The van der Waals surface area contributed by atoms with E-state index in [0.29, 0.717) is 43.7 Å². The molecule has 3 heterocycles. The van der Waals surface area contributed by atoms with Crippen LogP contribution in [0.1, 0.15) is 47.9 Å². The van der Waals surface area contributed by atoms with Crippen molar-refractivity contribution in [3.63, 3.8) is 0 Å². The third kappa shape index (κ3) is 3.39. The van der Waals surface area contributed by atoms with Crippen molar-refractivity contribution >= 4 is 33.7 Å². The third-order valence-corrected chi connectivity index (χ3v) is 7.22. The van der Waals surface area contributed by atoms with Gasteiger partial charge in [0.1, 0.15) is 5.82 Å². The second-order valence-corrected chi connectivity index (χ2v) is 9.50. The van der Waals surface area contributed by atoms with Gasteiger partial charge in [-0.15, -0.1) is 11.3 Å². The quantitative estimate of drug-likeness (QED) is 0.601. The fourth-order valence-corrected chi connectivity index (χ4v) is 5.61. The number of aromatic nitrogens is 3. The molecule has 7 nitrogen and oxygen atoms in total. The Kier molecular flexibility index (Phi) is 5.03. The second-order valence-electron chi connectivity index (χ2n) is 8.56. The van der Waals surface area contributed by atoms with Gasteiger partial charge in [0, 0.05) is 36.5 Å². The van der Waals surface area contributed by atoms with Crippen LogP contribution in [0.2, 0.25) is 0 Å². The first kappa shape index (κ1) is 21.0. The van der Waals surface area contributed by atoms with Crippen molar-refractivity contribution in [3.8, 4) is 0 Å². The molecule has 1 aliphatic carbocycles. The summed E-state index contributed by atoms with van der Waals surface area (Å²) in [7, 11) is 0. The van der Waals surface area contributed by atoms with Gasteiger partial charge in [0.05, 0.1) is 27.2 Å². The van der Waals surface area contributed by atoms with Crippen molar-refractivity contribution in [3.05, 3.63) is 48.2 Å². The molecule has 0 bridgehead atoms. The Morgan fingerprint density at radius 2 is 2.06 bits per heavy atom. The highest BCUT2D eigenvalue weighted by Crippen LogP contribution is 2.43. The lowest BCUT2D eigenvalue weighted by atomic mass is 10.0. The maximum Gasteiger partial charge on any atom is 0.329 e. The molecule has 2 fully saturated rings. The number of rotatable bonds is 5. The van der Waals surface area contributed by atoms with Crippen LogP contribution >= 0.6 is 11.3 Å². The number of hydrogen-bond donors (Lipinski definition) is 2. The number of nitrogen functional groups attached to an aromatic ring is 1. The predicted molar refractivity (Wildman–Crippen MR) is 117 cm³/mol. The van der Waals surface area contributed by atoms with E-state index in [1.165, 1.54) is 15.9 Å². The highest BCUT2D eigenvalue weighted by Gasteiger charge is 2.35. The van der Waals surface area contributed by atoms with Gasteiger partial charge in [0.15, 0.2) is 5.82 Å². The van der Waals surface area contributed by atoms with E-state index < -0.39 is 34.4 Å². The lowest BCUT2D eigenvalue weighted by Crippen LogP contribution is -2.32. The molecule has 1 unspecified atom stereocenters. The summed E-state index contributed by atoms with van der Waals surface area (Å²) in [4.78, 5) is 33.2. The fourth-order valence-electron chi connectivity index (χ4n) is 4.81. The number of thiazole rings is 1. The number of hydrogen-bond acceptors (Lipinski definition) is 6. The molecule has 5 rings (SSSR count). The summed E-state index contributed by atoms with van der Waals surface area (Å²) < 4.78 is 45.0. The molecule has 3 aromatic rings. The summed E-state index contributed by atoms with van der Waals surface area (Å²) in [6, 6.07) is -0.175. The molecule has 170 valence electrons. The van der Waals surface area contributed by atoms with E-state index >= 15 is 4.39 Å². The molecular formula is C21H22F3N5O2S. The lowest BCUT2D eigenvalue weighted by molar-refractivity contribution is 0.148. The van der Waals surface area contributed by atoms with E-state index in [4.69, 9.17) is 5.73 Å². The molecule has 32 heavy (non-hydrogen) atoms. The first-order valence-corrected chi connectivity index (χ1v) is 11.4. The van der Waals surface area contributed by atoms with Crippen molar-refractivity contribution in [1.82, 2.24) is 14.5 Å². The van der Waals surface area contributed by atoms with Crippen molar-refractivity contribution in [2.75, 3.05) is 23.7 Å². The number of anilines is 2. The average molecular weight is 466 g/mol. The SMILES string of the molecule is Cc1c(N2CCC(Cc3nc(N)cs3)C2)c(F)c(C(F)F)c2c(=O)[nH]c(=O)n(C3CC3)c12. The van der Waals surface area contributed by atoms with Gasteiger partial charge in [-0.3, -0.25) is 14.3 Å². The van der Waals surface area contributed by atoms with Crippen LogP contribution in [0.25, 0.3) is 10.9 Å². The van der Waals surface area contributed by atoms with Crippen molar-refractivity contribution in [1.29, 1.82) is 0 Å². The largest absolute Gasteiger partial charge is 0.383 e. The molecule has 0 spiro atoms. The number of fused-ring (bicyclic) bond motifs is 1. The minimum absolute atomic E-state index is 0.0494. The summed E-state index contributed by atoms with van der Waals surface area (Å²) in [6.07, 6.45) is -0.369. The summed E-state index contributed by atoms with van der Waals surface area (Å²) in [6.45, 7) is 2.54. The van der Waals surface area contributed by atoms with Crippen LogP contribution in [-0.2, 0) is 6.42 Å². The van der Waals surface area contributed by atoms with Crippen molar-refractivity contribution in [2.45, 2.75) is 45.1 Å². The number of nitrogens with zero attached hydrogens (tertiary/aromatic N) is 3. The molecule has 2 aliphatic rings. The topological polar surface area (TPSA) is 97.0 Å². The van der Waals surface area contributed by atoms with E-state index in [2.05, 4.69) is 9.97 Å². The van der Waals surface area contributed by atoms with Gasteiger partial charge in [-0.1, -0.05) is 0 Å². The zero-order chi connectivity index (χ0) is 22.7. The number of aryl methyl sites for hydroxylation is 1. The van der Waals surface area contributed by atoms with E-state index in [0.717, 1.165) is 11.4 Å². The summed E-state index contributed by atoms with van der Waals surface area (Å²) in [5.74, 6) is -0.466. The molecule has 0 amide bonds. The molecule has 1 atom stereocenters. The Hall–Kier alpha value is -2.82. The highest BCUT2D eigenvalue weighted by molar-refractivity contribution is 7.10. The smallest absolute Gasteiger partial charge is 0.329 e. The maximum atomic E-state index is 15.6. The van der Waals surface area contributed by atoms with E-state index in [-0.39, 0.29) is 23.2 Å². The molecular weight excluding hydrogens is 443 g/mol. The Balaban J connectivity index is 1.64. The summed E-state index contributed by atoms with van der Waals surface area (Å²) in [5, 5.41) is 2.21. The zero-order valence-electron chi connectivity index (χ0n) is 17.3. The monoisotopic (exact) mass is 465 g/mol. The van der Waals surface area contributed by atoms with Crippen LogP contribution in [-0.4, -0.2) is 27.6 Å². The average Bonchev–Trinajstić information content (AvgIpc) is 3.31. The Morgan fingerprint density at radius 1 is 1.31 bits per heavy atom. The third-order valence-electron chi connectivity index (χ3n) is 6.33. The molecule has 11 heteroatoms. The maximum absolute atomic E-state index is 15.6. The van der Waals surface area contributed by atoms with Gasteiger partial charge < -0.3 is 10.6 Å². The van der Waals surface area contributed by atoms with Crippen LogP contribution < -0.4 is 21.9 Å². The summed E-state index contributed by atoms with van der Waals surface area (Å²) in [5.41, 5.74) is 3.63. The molecule has 1 aromatic carbocycles. The van der Waals surface area contributed by atoms with Crippen molar-refractivity contribution in [2.24, 2.45) is 5.92 Å². The number of halogens is 3. The molecule has 2 aromatic heterocycles. The standard InChI is InChI=1S/C21H22F3N5O2S/c1-9-17-15(20(30)27-21(31)29(17)11-2-3-11)14(19(23)24)16(22)18(9)28-5-4-10(7-28)6-13-26-12(25)8-32-13/h8,10-11,19H,2-7,25H2,1H3,(H,27,30,31). The normalized spacial score (nSPS) is 18.9. The Morgan fingerprint density at radius 3 is 2.69 bits per heavy atom. The van der Waals surface area contributed by atoms with Crippen LogP contribution in [0.5, 0.6) is 0 Å². The van der Waals surface area contributed by atoms with Crippen LogP contribution in [0.15, 0.2) is 15.0 Å². The number of benzene rings is 1. The lowest BCUT2D eigenvalue weighted by Gasteiger charge is -2.25. The number of aromatic amines is 1. The molecule has 0 radical (unpaired) electrons. The van der Waals surface area contributed by atoms with Gasteiger partial charge in [-0.25, -0.2) is 22.9 Å². The zero-order valence-corrected chi connectivity index (χ0v) is 18.1. The number of nitrogens with one attached hydrogen (secondary N) is 1. The van der Waals surface area contributed by atoms with Gasteiger partial charge >= 0.3 is 5.69 Å². The second kappa shape index (κ2) is 7.65. The van der Waals surface area contributed by atoms with Gasteiger partial charge in [0.25, 0.3) is 12.0 Å². The molecule has 3 N–H and O–H groups in total. The van der Waals surface area contributed by atoms with E-state index in [9.17, 15) is 18.4 Å². The van der Waals surface area contributed by atoms with Crippen LogP contribution in [0, 0.1) is 18.7 Å². The van der Waals surface area contributed by atoms with Crippen molar-refractivity contribution < 1.29 is 13.2 Å². The van der Waals surface area contributed by atoms with Crippen LogP contribution in [0.3, 0.4) is 0 Å². The number of alkyl halides is 2. The highest BCUT2D eigenvalue weighted by atomic mass is 32.1. The Labute approximate surface area is 184 Å². The van der Waals surface area contributed by atoms with Gasteiger partial charge in [-0.05, 0) is 32.1 Å². The first-order chi connectivity index (χ1) is 15.3. The summed E-state index contributed by atoms with van der Waals surface area (Å²) >= 11 is 1.46. The van der Waals surface area contributed by atoms with Crippen LogP contribution in [0.4, 0.5) is 24.7 Å². The minimum atomic E-state index is -3.19.